The molecule has 0 radical (unpaired) electrons. The summed E-state index contributed by atoms with van der Waals surface area (Å²) in [6.07, 6.45) is 0.566. The second-order valence-corrected chi connectivity index (χ2v) is 8.73. The summed E-state index contributed by atoms with van der Waals surface area (Å²) in [6.45, 7) is 2.49. The van der Waals surface area contributed by atoms with E-state index in [0.29, 0.717) is 42.5 Å². The molecule has 0 saturated heterocycles. The molecule has 0 unspecified atom stereocenters. The van der Waals surface area contributed by atoms with Crippen molar-refractivity contribution in [3.05, 3.63) is 96.3 Å². The number of carbonyl (C=O) groups excluding carboxylic acids is 2. The topological polar surface area (TPSA) is 88.5 Å². The van der Waals surface area contributed by atoms with E-state index in [1.807, 2.05) is 61.5 Å². The van der Waals surface area contributed by atoms with Crippen LogP contribution in [0.3, 0.4) is 0 Å². The predicted molar refractivity (Wildman–Crippen MR) is 146 cm³/mol. The smallest absolute Gasteiger partial charge is 0.322 e. The van der Waals surface area contributed by atoms with E-state index in [0.717, 1.165) is 11.1 Å². The molecular weight excluding hydrogens is 485 g/mol. The molecule has 1 aromatic heterocycles. The molecule has 3 amide bonds. The number of aryl methyl sites for hydroxylation is 1. The van der Waals surface area contributed by atoms with Gasteiger partial charge >= 0.3 is 6.03 Å². The fourth-order valence-corrected chi connectivity index (χ4v) is 3.91. The minimum Gasteiger partial charge on any atom is -0.385 e. The average Bonchev–Trinajstić information content (AvgIpc) is 3.34. The summed E-state index contributed by atoms with van der Waals surface area (Å²) >= 11 is 0. The fraction of sp³-hybridized carbons (Fsp3) is 0.207. The summed E-state index contributed by atoms with van der Waals surface area (Å²) in [4.78, 5) is 27.7. The molecule has 38 heavy (non-hydrogen) atoms. The molecule has 8 nitrogen and oxygen atoms in total. The van der Waals surface area contributed by atoms with E-state index in [1.165, 1.54) is 17.0 Å². The zero-order valence-electron chi connectivity index (χ0n) is 21.4. The molecule has 4 rings (SSSR count). The van der Waals surface area contributed by atoms with Crippen molar-refractivity contribution in [1.29, 1.82) is 0 Å². The van der Waals surface area contributed by atoms with E-state index in [1.54, 1.807) is 30.0 Å². The van der Waals surface area contributed by atoms with E-state index < -0.39 is 5.91 Å². The van der Waals surface area contributed by atoms with Crippen molar-refractivity contribution >= 4 is 23.4 Å². The third kappa shape index (κ3) is 6.83. The molecule has 1 heterocycles. The van der Waals surface area contributed by atoms with Crippen molar-refractivity contribution in [3.8, 4) is 16.9 Å². The van der Waals surface area contributed by atoms with Gasteiger partial charge in [0.2, 0.25) is 5.91 Å². The van der Waals surface area contributed by atoms with E-state index in [-0.39, 0.29) is 18.4 Å². The van der Waals surface area contributed by atoms with Gasteiger partial charge in [0.15, 0.2) is 0 Å². The van der Waals surface area contributed by atoms with Crippen LogP contribution in [0.15, 0.2) is 84.9 Å². The molecule has 4 aromatic rings. The summed E-state index contributed by atoms with van der Waals surface area (Å²) in [6, 6.07) is 24.2. The van der Waals surface area contributed by atoms with Gasteiger partial charge in [-0.15, -0.1) is 0 Å². The maximum atomic E-state index is 13.6. The number of nitrogens with one attached hydrogen (secondary N) is 2. The zero-order chi connectivity index (χ0) is 26.9. The summed E-state index contributed by atoms with van der Waals surface area (Å²) < 4.78 is 20.2. The fourth-order valence-electron chi connectivity index (χ4n) is 3.91. The monoisotopic (exact) mass is 515 g/mol. The molecule has 0 fully saturated rings. The first-order chi connectivity index (χ1) is 18.4. The molecule has 3 aromatic carbocycles. The van der Waals surface area contributed by atoms with E-state index in [2.05, 4.69) is 15.7 Å². The summed E-state index contributed by atoms with van der Waals surface area (Å²) in [7, 11) is 1.59. The molecule has 0 aliphatic heterocycles. The van der Waals surface area contributed by atoms with Crippen LogP contribution in [0.25, 0.3) is 16.9 Å². The number of methoxy groups -OCH3 is 1. The number of amides is 3. The van der Waals surface area contributed by atoms with Gasteiger partial charge in [0.25, 0.3) is 0 Å². The minimum atomic E-state index is -0.398. The van der Waals surface area contributed by atoms with Crippen LogP contribution in [0.1, 0.15) is 12.0 Å². The Bertz CT molecular complexity index is 1370. The molecule has 0 bridgehead atoms. The molecule has 0 aliphatic rings. The number of urea groups is 1. The number of rotatable bonds is 10. The third-order valence-corrected chi connectivity index (χ3v) is 5.90. The van der Waals surface area contributed by atoms with Crippen LogP contribution in [0, 0.1) is 12.7 Å². The minimum absolute atomic E-state index is 0.184. The Balaban J connectivity index is 1.55. The molecule has 0 spiro atoms. The van der Waals surface area contributed by atoms with Gasteiger partial charge in [-0.25, -0.2) is 13.9 Å². The van der Waals surface area contributed by atoms with Crippen LogP contribution < -0.4 is 10.6 Å². The molecule has 0 saturated carbocycles. The predicted octanol–water partition coefficient (Wildman–Crippen LogP) is 5.50. The molecule has 0 aliphatic carbocycles. The van der Waals surface area contributed by atoms with Crippen molar-refractivity contribution in [2.75, 3.05) is 37.4 Å². The lowest BCUT2D eigenvalue weighted by Gasteiger charge is -2.23. The Hall–Kier alpha value is -4.50. The second kappa shape index (κ2) is 12.6. The maximum Gasteiger partial charge on any atom is 0.322 e. The van der Waals surface area contributed by atoms with Gasteiger partial charge in [-0.2, -0.15) is 5.10 Å². The number of ether oxygens (including phenoxy) is 1. The van der Waals surface area contributed by atoms with Crippen LogP contribution in [-0.2, 0) is 9.53 Å². The standard InChI is InChI=1S/C29H30FN5O3/c1-21-9-6-7-12-25(21)31-29(37)34(17-8-18-38-2)20-28(36)32-27-19-26(22-10-4-3-5-11-22)33-35(27)24-15-13-23(30)14-16-24/h3-7,9-16,19H,8,17-18,20H2,1-2H3,(H,31,37)(H,32,36). The first kappa shape index (κ1) is 26.6. The van der Waals surface area contributed by atoms with Gasteiger partial charge in [0.05, 0.1) is 11.4 Å². The average molecular weight is 516 g/mol. The number of nitrogens with zero attached hydrogens (tertiary/aromatic N) is 3. The Morgan fingerprint density at radius 3 is 2.39 bits per heavy atom. The van der Waals surface area contributed by atoms with Gasteiger partial charge in [-0.3, -0.25) is 4.79 Å². The Kier molecular flexibility index (Phi) is 8.84. The summed E-state index contributed by atoms with van der Waals surface area (Å²) in [5.41, 5.74) is 3.68. The highest BCUT2D eigenvalue weighted by molar-refractivity contribution is 5.97. The Labute approximate surface area is 221 Å². The van der Waals surface area contributed by atoms with E-state index >= 15 is 0 Å². The van der Waals surface area contributed by atoms with Gasteiger partial charge in [0, 0.05) is 37.6 Å². The lowest BCUT2D eigenvalue weighted by molar-refractivity contribution is -0.116. The number of carbonyl (C=O) groups is 2. The van der Waals surface area contributed by atoms with Gasteiger partial charge in [-0.1, -0.05) is 48.5 Å². The molecule has 196 valence electrons. The first-order valence-electron chi connectivity index (χ1n) is 12.3. The van der Waals surface area contributed by atoms with Crippen LogP contribution in [0.2, 0.25) is 0 Å². The highest BCUT2D eigenvalue weighted by Crippen LogP contribution is 2.25. The van der Waals surface area contributed by atoms with E-state index in [4.69, 9.17) is 4.74 Å². The number of para-hydroxylation sites is 1. The van der Waals surface area contributed by atoms with Gasteiger partial charge in [0.1, 0.15) is 18.2 Å². The third-order valence-electron chi connectivity index (χ3n) is 5.90. The maximum absolute atomic E-state index is 13.6. The molecule has 0 atom stereocenters. The number of halogens is 1. The lowest BCUT2D eigenvalue weighted by atomic mass is 10.1. The van der Waals surface area contributed by atoms with Crippen molar-refractivity contribution in [2.45, 2.75) is 13.3 Å². The highest BCUT2D eigenvalue weighted by atomic mass is 19.1. The Morgan fingerprint density at radius 1 is 0.974 bits per heavy atom. The van der Waals surface area contributed by atoms with Crippen LogP contribution in [-0.4, -0.2) is 53.4 Å². The van der Waals surface area contributed by atoms with Crippen LogP contribution in [0.4, 0.5) is 20.7 Å². The zero-order valence-corrected chi connectivity index (χ0v) is 21.4. The molecular formula is C29H30FN5O3. The van der Waals surface area contributed by atoms with Crippen LogP contribution in [0.5, 0.6) is 0 Å². The molecule has 9 heteroatoms. The number of anilines is 2. The van der Waals surface area contributed by atoms with Crippen molar-refractivity contribution < 1.29 is 18.7 Å². The van der Waals surface area contributed by atoms with Gasteiger partial charge < -0.3 is 20.3 Å². The summed E-state index contributed by atoms with van der Waals surface area (Å²) in [5.74, 6) is -0.372. The number of hydrogen-bond acceptors (Lipinski definition) is 4. The summed E-state index contributed by atoms with van der Waals surface area (Å²) in [5, 5.41) is 10.4. The Morgan fingerprint density at radius 2 is 1.68 bits per heavy atom. The van der Waals surface area contributed by atoms with Crippen molar-refractivity contribution in [3.63, 3.8) is 0 Å². The SMILES string of the molecule is COCCCN(CC(=O)Nc1cc(-c2ccccc2)nn1-c1ccc(F)cc1)C(=O)Nc1ccccc1C. The number of hydrogen-bond donors (Lipinski definition) is 2. The number of benzene rings is 3. The van der Waals surface area contributed by atoms with Crippen molar-refractivity contribution in [1.82, 2.24) is 14.7 Å². The van der Waals surface area contributed by atoms with Crippen LogP contribution >= 0.6 is 0 Å². The quantitative estimate of drug-likeness (QED) is 0.273. The first-order valence-corrected chi connectivity index (χ1v) is 12.3. The normalized spacial score (nSPS) is 10.7. The molecule has 2 N–H and O–H groups in total. The van der Waals surface area contributed by atoms with Gasteiger partial charge in [-0.05, 0) is 49.2 Å². The second-order valence-electron chi connectivity index (χ2n) is 8.73. The number of aromatic nitrogens is 2. The lowest BCUT2D eigenvalue weighted by Crippen LogP contribution is -2.41. The largest absolute Gasteiger partial charge is 0.385 e. The van der Waals surface area contributed by atoms with E-state index in [9.17, 15) is 14.0 Å². The highest BCUT2D eigenvalue weighted by Gasteiger charge is 2.20. The van der Waals surface area contributed by atoms with Crippen molar-refractivity contribution in [2.24, 2.45) is 0 Å².